The summed E-state index contributed by atoms with van der Waals surface area (Å²) in [5.41, 5.74) is -1.56. The molecule has 0 amide bonds. The molecule has 1 N–H and O–H groups in total. The Morgan fingerprint density at radius 3 is 1.89 bits per heavy atom. The molecule has 2 atom stereocenters. The first-order valence-electron chi connectivity index (χ1n) is 13.8. The van der Waals surface area contributed by atoms with Gasteiger partial charge in [0.05, 0.1) is 23.3 Å². The molecule has 0 fully saturated rings. The molecule has 2 unspecified atom stereocenters. The average Bonchev–Trinajstić information content (AvgIpc) is 2.98. The van der Waals surface area contributed by atoms with Crippen LogP contribution in [-0.2, 0) is 54.7 Å². The van der Waals surface area contributed by atoms with E-state index >= 15 is 0 Å². The number of thioether (sulfide) groups is 1. The van der Waals surface area contributed by atoms with Crippen molar-refractivity contribution in [3.05, 3.63) is 35.4 Å². The van der Waals surface area contributed by atoms with Gasteiger partial charge >= 0.3 is 24.2 Å². The Morgan fingerprint density at radius 2 is 1.34 bits per heavy atom. The zero-order valence-corrected chi connectivity index (χ0v) is 27.0. The van der Waals surface area contributed by atoms with Crippen molar-refractivity contribution in [2.45, 2.75) is 47.1 Å². The Kier molecular flexibility index (Phi) is 17.1. The Hall–Kier alpha value is -3.08. The molecule has 0 spiro atoms. The largest absolute Gasteiger partial charge is 0.748 e. The summed E-state index contributed by atoms with van der Waals surface area (Å²) in [6.07, 6.45) is -0.970. The molecule has 0 aromatic heterocycles. The zero-order chi connectivity index (χ0) is 33.2. The number of benzene rings is 1. The second-order valence-electron chi connectivity index (χ2n) is 10.4. The fourth-order valence-corrected chi connectivity index (χ4v) is 4.70. The van der Waals surface area contributed by atoms with Gasteiger partial charge in [0.25, 0.3) is 0 Å². The van der Waals surface area contributed by atoms with Gasteiger partial charge in [-0.25, -0.2) is 18.0 Å². The highest BCUT2D eigenvalue weighted by atomic mass is 32.2. The Morgan fingerprint density at radius 1 is 0.818 bits per heavy atom. The second kappa shape index (κ2) is 19.3. The summed E-state index contributed by atoms with van der Waals surface area (Å²) >= 11 is 1.07. The quantitative estimate of drug-likeness (QED) is 0.0921. The van der Waals surface area contributed by atoms with Crippen LogP contribution in [0.5, 0.6) is 0 Å². The molecule has 0 bridgehead atoms. The number of hydrogen-bond donors (Lipinski definition) is 1. The maximum absolute atomic E-state index is 12.9. The molecular formula is C28H41O14S2-. The molecule has 0 heterocycles. The molecule has 44 heavy (non-hydrogen) atoms. The van der Waals surface area contributed by atoms with Gasteiger partial charge in [-0.1, -0.05) is 43.2 Å². The van der Waals surface area contributed by atoms with Gasteiger partial charge in [0, 0.05) is 17.3 Å². The lowest BCUT2D eigenvalue weighted by Gasteiger charge is -2.27. The van der Waals surface area contributed by atoms with Crippen LogP contribution in [0.3, 0.4) is 0 Å². The molecule has 1 rings (SSSR count). The number of carbonyl (C=O) groups is 4. The standard InChI is InChI=1S/C28H42O14S2/c1-5-6-11-37-23(30)27(3,17-29)18-40-26(33)42-20-28(4,24(31)38-12-13-43-14-15-44(34,35)36)19-41-25(32)39-16-22-9-7-21(2)8-10-22/h7-10,29H,5-6,11-20H2,1-4H3,(H,34,35,36)/p-1. The predicted molar refractivity (Wildman–Crippen MR) is 157 cm³/mol. The Labute approximate surface area is 261 Å². The third kappa shape index (κ3) is 15.6. The summed E-state index contributed by atoms with van der Waals surface area (Å²) in [4.78, 5) is 49.9. The van der Waals surface area contributed by atoms with Gasteiger partial charge in [-0.2, -0.15) is 11.8 Å². The minimum Gasteiger partial charge on any atom is -0.748 e. The number of aliphatic hydroxyl groups excluding tert-OH is 1. The summed E-state index contributed by atoms with van der Waals surface area (Å²) in [6, 6.07) is 7.20. The van der Waals surface area contributed by atoms with Crippen LogP contribution < -0.4 is 0 Å². The van der Waals surface area contributed by atoms with Crippen LogP contribution in [0.25, 0.3) is 0 Å². The lowest BCUT2D eigenvalue weighted by molar-refractivity contribution is -0.161. The summed E-state index contributed by atoms with van der Waals surface area (Å²) in [6.45, 7) is 3.77. The van der Waals surface area contributed by atoms with E-state index in [4.69, 9.17) is 28.4 Å². The Bertz CT molecular complexity index is 1170. The van der Waals surface area contributed by atoms with Crippen LogP contribution >= 0.6 is 11.8 Å². The highest BCUT2D eigenvalue weighted by Gasteiger charge is 2.40. The van der Waals surface area contributed by atoms with Gasteiger partial charge in [0.1, 0.15) is 43.9 Å². The number of aryl methyl sites for hydroxylation is 1. The van der Waals surface area contributed by atoms with Crippen molar-refractivity contribution in [3.63, 3.8) is 0 Å². The van der Waals surface area contributed by atoms with E-state index in [0.29, 0.717) is 12.0 Å². The van der Waals surface area contributed by atoms with Crippen molar-refractivity contribution in [2.75, 3.05) is 56.9 Å². The van der Waals surface area contributed by atoms with Gasteiger partial charge in [-0.15, -0.1) is 0 Å². The number of esters is 2. The maximum Gasteiger partial charge on any atom is 0.508 e. The van der Waals surface area contributed by atoms with E-state index in [9.17, 15) is 37.3 Å². The van der Waals surface area contributed by atoms with Crippen LogP contribution in [0.4, 0.5) is 9.59 Å². The van der Waals surface area contributed by atoms with Gasteiger partial charge in [0.15, 0.2) is 0 Å². The van der Waals surface area contributed by atoms with E-state index in [-0.39, 0.29) is 31.3 Å². The number of carbonyl (C=O) groups excluding carboxylic acids is 4. The van der Waals surface area contributed by atoms with Crippen LogP contribution in [0.15, 0.2) is 24.3 Å². The second-order valence-corrected chi connectivity index (χ2v) is 13.2. The minimum absolute atomic E-state index is 0.00441. The molecule has 1 aromatic rings. The molecule has 16 heteroatoms. The van der Waals surface area contributed by atoms with Crippen molar-refractivity contribution in [3.8, 4) is 0 Å². The van der Waals surface area contributed by atoms with E-state index in [1.54, 1.807) is 12.1 Å². The monoisotopic (exact) mass is 665 g/mol. The molecule has 0 aliphatic heterocycles. The number of aliphatic hydroxyl groups is 1. The molecular weight excluding hydrogens is 624 g/mol. The topological polar surface area (TPSA) is 201 Å². The molecule has 0 aliphatic carbocycles. The first-order valence-corrected chi connectivity index (χ1v) is 16.5. The third-order valence-electron chi connectivity index (χ3n) is 6.01. The molecule has 14 nitrogen and oxygen atoms in total. The van der Waals surface area contributed by atoms with E-state index in [0.717, 1.165) is 23.7 Å². The van der Waals surface area contributed by atoms with Crippen molar-refractivity contribution < 1.29 is 65.7 Å². The fourth-order valence-electron chi connectivity index (χ4n) is 3.01. The molecule has 0 radical (unpaired) electrons. The van der Waals surface area contributed by atoms with Gasteiger partial charge < -0.3 is 38.1 Å². The number of unbranched alkanes of at least 4 members (excludes halogenated alkanes) is 1. The highest BCUT2D eigenvalue weighted by Crippen LogP contribution is 2.23. The van der Waals surface area contributed by atoms with E-state index in [2.05, 4.69) is 0 Å². The number of ether oxygens (including phenoxy) is 6. The summed E-state index contributed by atoms with van der Waals surface area (Å²) < 4.78 is 62.7. The van der Waals surface area contributed by atoms with Crippen LogP contribution in [0.2, 0.25) is 0 Å². The first-order chi connectivity index (χ1) is 20.6. The molecule has 1 aromatic carbocycles. The lowest BCUT2D eigenvalue weighted by atomic mass is 9.93. The van der Waals surface area contributed by atoms with Crippen molar-refractivity contribution in [1.82, 2.24) is 0 Å². The van der Waals surface area contributed by atoms with Crippen LogP contribution in [-0.4, -0.2) is 99.2 Å². The summed E-state index contributed by atoms with van der Waals surface area (Å²) in [5.74, 6) is -2.10. The van der Waals surface area contributed by atoms with Crippen molar-refractivity contribution in [1.29, 1.82) is 0 Å². The van der Waals surface area contributed by atoms with Gasteiger partial charge in [-0.3, -0.25) is 9.59 Å². The summed E-state index contributed by atoms with van der Waals surface area (Å²) in [5, 5.41) is 9.68. The third-order valence-corrected chi connectivity index (χ3v) is 7.92. The zero-order valence-electron chi connectivity index (χ0n) is 25.4. The minimum atomic E-state index is -4.37. The normalized spacial score (nSPS) is 14.0. The highest BCUT2D eigenvalue weighted by molar-refractivity contribution is 8.00. The first kappa shape index (κ1) is 38.9. The predicted octanol–water partition coefficient (Wildman–Crippen LogP) is 2.97. The molecule has 0 saturated carbocycles. The van der Waals surface area contributed by atoms with Crippen molar-refractivity contribution in [2.24, 2.45) is 10.8 Å². The molecule has 0 aliphatic rings. The Balaban J connectivity index is 2.76. The van der Waals surface area contributed by atoms with E-state index in [1.165, 1.54) is 13.8 Å². The van der Waals surface area contributed by atoms with E-state index in [1.807, 2.05) is 26.0 Å². The molecule has 250 valence electrons. The van der Waals surface area contributed by atoms with E-state index < -0.39 is 77.4 Å². The number of hydrogen-bond acceptors (Lipinski definition) is 15. The average molecular weight is 666 g/mol. The maximum atomic E-state index is 12.9. The van der Waals surface area contributed by atoms with Crippen molar-refractivity contribution >= 4 is 46.1 Å². The summed E-state index contributed by atoms with van der Waals surface area (Å²) in [7, 11) is -4.37. The lowest BCUT2D eigenvalue weighted by Crippen LogP contribution is -2.42. The van der Waals surface area contributed by atoms with Gasteiger partial charge in [-0.05, 0) is 32.8 Å². The van der Waals surface area contributed by atoms with Crippen LogP contribution in [0, 0.1) is 17.8 Å². The van der Waals surface area contributed by atoms with Gasteiger partial charge in [0.2, 0.25) is 0 Å². The fraction of sp³-hybridized carbons (Fsp3) is 0.643. The molecule has 0 saturated heterocycles. The smallest absolute Gasteiger partial charge is 0.508 e. The number of rotatable bonds is 20. The van der Waals surface area contributed by atoms with Crippen LogP contribution in [0.1, 0.15) is 44.7 Å². The SMILES string of the molecule is CCCCOC(=O)C(C)(CO)COC(=O)OCC(C)(COC(=O)OCc1ccc(C)cc1)C(=O)OCCSCCS(=O)(=O)[O-].